The van der Waals surface area contributed by atoms with Gasteiger partial charge in [0.1, 0.15) is 10.4 Å². The summed E-state index contributed by atoms with van der Waals surface area (Å²) in [5.74, 6) is 0.474. The molecule has 1 amide bonds. The number of thioether (sulfide) groups is 2. The number of benzene rings is 2. The lowest BCUT2D eigenvalue weighted by Crippen LogP contribution is -2.12. The summed E-state index contributed by atoms with van der Waals surface area (Å²) in [6.07, 6.45) is -2.90. The highest BCUT2D eigenvalue weighted by Gasteiger charge is 2.33. The zero-order valence-corrected chi connectivity index (χ0v) is 19.4. The molecule has 0 unspecified atom stereocenters. The number of nitrogens with zero attached hydrogens (tertiary/aromatic N) is 4. The standard InChI is InChI=1S/C22H14ClF3N4OS2/c1-2-32-21-28-20(31)19(33-21)8-12-3-6-18-15(7-12)17(10-27)29-30(18)11-13-4-5-14(23)9-16(13)22(24,25)26/h3-9H,2,11H2,1H3. The highest BCUT2D eigenvalue weighted by molar-refractivity contribution is 8.41. The fourth-order valence-electron chi connectivity index (χ4n) is 3.33. The first-order valence-electron chi connectivity index (χ1n) is 9.61. The second-order valence-corrected chi connectivity index (χ2v) is 9.90. The minimum atomic E-state index is -4.58. The van der Waals surface area contributed by atoms with E-state index in [1.807, 2.05) is 13.0 Å². The van der Waals surface area contributed by atoms with Gasteiger partial charge in [0.2, 0.25) is 0 Å². The minimum Gasteiger partial charge on any atom is -0.266 e. The van der Waals surface area contributed by atoms with Crippen molar-refractivity contribution in [1.82, 2.24) is 9.78 Å². The van der Waals surface area contributed by atoms with E-state index in [1.54, 1.807) is 24.3 Å². The minimum absolute atomic E-state index is 0.0157. The summed E-state index contributed by atoms with van der Waals surface area (Å²) in [6.45, 7) is 1.78. The van der Waals surface area contributed by atoms with Crippen molar-refractivity contribution in [2.45, 2.75) is 19.6 Å². The molecular formula is C22H14ClF3N4OS2. The van der Waals surface area contributed by atoms with Gasteiger partial charge >= 0.3 is 6.18 Å². The number of aromatic nitrogens is 2. The van der Waals surface area contributed by atoms with Crippen molar-refractivity contribution in [2.24, 2.45) is 4.99 Å². The quantitative estimate of drug-likeness (QED) is 0.385. The van der Waals surface area contributed by atoms with Crippen LogP contribution in [0.15, 0.2) is 46.3 Å². The van der Waals surface area contributed by atoms with Crippen LogP contribution in [-0.4, -0.2) is 25.8 Å². The van der Waals surface area contributed by atoms with Gasteiger partial charge in [-0.2, -0.15) is 28.5 Å². The largest absolute Gasteiger partial charge is 0.416 e. The van der Waals surface area contributed by atoms with Crippen molar-refractivity contribution < 1.29 is 18.0 Å². The predicted molar refractivity (Wildman–Crippen MR) is 126 cm³/mol. The Morgan fingerprint density at radius 1 is 1.27 bits per heavy atom. The van der Waals surface area contributed by atoms with E-state index in [0.717, 1.165) is 11.8 Å². The van der Waals surface area contributed by atoms with Crippen LogP contribution in [0.3, 0.4) is 0 Å². The topological polar surface area (TPSA) is 71.0 Å². The van der Waals surface area contributed by atoms with E-state index in [4.69, 9.17) is 11.6 Å². The number of fused-ring (bicyclic) bond motifs is 1. The third kappa shape index (κ3) is 4.95. The van der Waals surface area contributed by atoms with E-state index < -0.39 is 11.7 Å². The maximum absolute atomic E-state index is 13.5. The Balaban J connectivity index is 1.71. The highest BCUT2D eigenvalue weighted by Crippen LogP contribution is 2.36. The summed E-state index contributed by atoms with van der Waals surface area (Å²) in [7, 11) is 0. The van der Waals surface area contributed by atoms with Gasteiger partial charge in [0.05, 0.1) is 22.5 Å². The van der Waals surface area contributed by atoms with Gasteiger partial charge in [-0.25, -0.2) is 0 Å². The Hall–Kier alpha value is -2.74. The molecule has 0 fully saturated rings. The summed E-state index contributed by atoms with van der Waals surface area (Å²) in [5, 5.41) is 14.2. The van der Waals surface area contributed by atoms with Crippen LogP contribution in [0.2, 0.25) is 5.02 Å². The molecule has 1 aliphatic heterocycles. The number of hydrogen-bond acceptors (Lipinski definition) is 5. The molecule has 2 heterocycles. The molecule has 0 atom stereocenters. The molecule has 1 aromatic heterocycles. The molecule has 2 aromatic carbocycles. The second-order valence-electron chi connectivity index (χ2n) is 6.92. The number of hydrogen-bond donors (Lipinski definition) is 0. The molecule has 5 nitrogen and oxygen atoms in total. The number of halogens is 4. The molecule has 0 spiro atoms. The molecule has 33 heavy (non-hydrogen) atoms. The van der Waals surface area contributed by atoms with Crippen molar-refractivity contribution in [3.05, 3.63) is 68.7 Å². The van der Waals surface area contributed by atoms with E-state index in [0.29, 0.717) is 25.7 Å². The number of alkyl halides is 3. The van der Waals surface area contributed by atoms with Gasteiger partial charge in [-0.1, -0.05) is 54.2 Å². The zero-order chi connectivity index (χ0) is 23.8. The first-order chi connectivity index (χ1) is 15.7. The Morgan fingerprint density at radius 3 is 2.76 bits per heavy atom. The maximum atomic E-state index is 13.5. The molecule has 3 aromatic rings. The smallest absolute Gasteiger partial charge is 0.266 e. The van der Waals surface area contributed by atoms with Crippen LogP contribution >= 0.6 is 35.1 Å². The first kappa shape index (κ1) is 23.4. The van der Waals surface area contributed by atoms with Crippen molar-refractivity contribution in [3.63, 3.8) is 0 Å². The number of nitriles is 1. The number of amides is 1. The fourth-order valence-corrected chi connectivity index (χ4v) is 5.40. The zero-order valence-electron chi connectivity index (χ0n) is 17.0. The predicted octanol–water partition coefficient (Wildman–Crippen LogP) is 6.35. The third-order valence-corrected chi connectivity index (χ3v) is 6.99. The molecule has 0 N–H and O–H groups in total. The summed E-state index contributed by atoms with van der Waals surface area (Å²) in [6, 6.07) is 10.6. The van der Waals surface area contributed by atoms with Crippen LogP contribution in [0, 0.1) is 11.3 Å². The van der Waals surface area contributed by atoms with Crippen LogP contribution in [0.25, 0.3) is 17.0 Å². The lowest BCUT2D eigenvalue weighted by Gasteiger charge is -2.14. The lowest BCUT2D eigenvalue weighted by molar-refractivity contribution is -0.138. The van der Waals surface area contributed by atoms with Gasteiger partial charge in [0.15, 0.2) is 5.69 Å². The van der Waals surface area contributed by atoms with Gasteiger partial charge in [-0.05, 0) is 47.2 Å². The highest BCUT2D eigenvalue weighted by atomic mass is 35.5. The molecule has 11 heteroatoms. The third-order valence-electron chi connectivity index (χ3n) is 4.74. The Bertz CT molecular complexity index is 1370. The SMILES string of the molecule is CCSC1=NC(=O)C(=Cc2ccc3c(c2)c(C#N)nn3Cc2ccc(Cl)cc2C(F)(F)F)S1. The average molecular weight is 507 g/mol. The summed E-state index contributed by atoms with van der Waals surface area (Å²) < 4.78 is 42.5. The van der Waals surface area contributed by atoms with Gasteiger partial charge in [0.25, 0.3) is 5.91 Å². The van der Waals surface area contributed by atoms with Gasteiger partial charge in [0, 0.05) is 10.4 Å². The molecule has 0 bridgehead atoms. The second kappa shape index (κ2) is 9.25. The number of aliphatic imine (C=N–C) groups is 1. The van der Waals surface area contributed by atoms with Crippen LogP contribution in [-0.2, 0) is 17.5 Å². The molecule has 168 valence electrons. The number of carbonyl (C=O) groups is 1. The van der Waals surface area contributed by atoms with Gasteiger partial charge in [-0.3, -0.25) is 9.48 Å². The van der Waals surface area contributed by atoms with Crippen LogP contribution in [0.4, 0.5) is 13.2 Å². The monoisotopic (exact) mass is 506 g/mol. The molecule has 4 rings (SSSR count). The van der Waals surface area contributed by atoms with Crippen molar-refractivity contribution in [2.75, 3.05) is 5.75 Å². The molecule has 1 aliphatic rings. The normalized spacial score (nSPS) is 15.3. The van der Waals surface area contributed by atoms with Crippen molar-refractivity contribution >= 4 is 62.4 Å². The summed E-state index contributed by atoms with van der Waals surface area (Å²) in [5.41, 5.74) is 0.376. The summed E-state index contributed by atoms with van der Waals surface area (Å²) in [4.78, 5) is 16.6. The average Bonchev–Trinajstić information content (AvgIpc) is 3.28. The fraction of sp³-hybridized carbons (Fsp3) is 0.182. The molecular weight excluding hydrogens is 493 g/mol. The lowest BCUT2D eigenvalue weighted by atomic mass is 10.1. The Morgan fingerprint density at radius 2 is 2.06 bits per heavy atom. The maximum Gasteiger partial charge on any atom is 0.416 e. The first-order valence-corrected chi connectivity index (χ1v) is 11.8. The van der Waals surface area contributed by atoms with Crippen molar-refractivity contribution in [3.8, 4) is 6.07 Å². The van der Waals surface area contributed by atoms with E-state index in [1.165, 1.54) is 40.3 Å². The van der Waals surface area contributed by atoms with Crippen LogP contribution in [0.5, 0.6) is 0 Å². The van der Waals surface area contributed by atoms with E-state index in [-0.39, 0.29) is 28.7 Å². The molecule has 0 saturated heterocycles. The number of carbonyl (C=O) groups excluding carboxylic acids is 1. The van der Waals surface area contributed by atoms with Gasteiger partial charge in [-0.15, -0.1) is 0 Å². The van der Waals surface area contributed by atoms with E-state index in [9.17, 15) is 23.2 Å². The molecule has 0 radical (unpaired) electrons. The summed E-state index contributed by atoms with van der Waals surface area (Å²) >= 11 is 8.53. The van der Waals surface area contributed by atoms with E-state index in [2.05, 4.69) is 10.1 Å². The Kier molecular flexibility index (Phi) is 6.56. The van der Waals surface area contributed by atoms with Crippen LogP contribution in [0.1, 0.15) is 29.3 Å². The Labute approximate surface area is 200 Å². The van der Waals surface area contributed by atoms with Crippen LogP contribution < -0.4 is 0 Å². The van der Waals surface area contributed by atoms with Crippen molar-refractivity contribution in [1.29, 1.82) is 5.26 Å². The number of rotatable bonds is 4. The van der Waals surface area contributed by atoms with E-state index >= 15 is 0 Å². The van der Waals surface area contributed by atoms with Gasteiger partial charge < -0.3 is 0 Å². The molecule has 0 aliphatic carbocycles. The molecule has 0 saturated carbocycles.